The number of nitrogens with one attached hydrogen (secondary N) is 1. The van der Waals surface area contributed by atoms with Crippen molar-refractivity contribution in [3.63, 3.8) is 0 Å². The lowest BCUT2D eigenvalue weighted by molar-refractivity contribution is 0.0999. The Balaban J connectivity index is 2.17. The first-order chi connectivity index (χ1) is 9.25. The highest BCUT2D eigenvalue weighted by molar-refractivity contribution is 5.94. The summed E-state index contributed by atoms with van der Waals surface area (Å²) in [6.45, 7) is 3.95. The van der Waals surface area contributed by atoms with E-state index in [1.807, 2.05) is 18.2 Å². The average Bonchev–Trinajstić information content (AvgIpc) is 2.42. The molecule has 0 aromatic heterocycles. The SMILES string of the molecule is CCCCCCCCNCc1ccccc1C(N)=O. The van der Waals surface area contributed by atoms with Crippen LogP contribution in [0.2, 0.25) is 0 Å². The van der Waals surface area contributed by atoms with Gasteiger partial charge in [-0.1, -0.05) is 57.2 Å². The van der Waals surface area contributed by atoms with Crippen LogP contribution in [0.4, 0.5) is 0 Å². The quantitative estimate of drug-likeness (QED) is 0.636. The summed E-state index contributed by atoms with van der Waals surface area (Å²) in [7, 11) is 0. The second-order valence-corrected chi connectivity index (χ2v) is 4.97. The number of amides is 1. The Hall–Kier alpha value is -1.35. The highest BCUT2D eigenvalue weighted by Crippen LogP contribution is 2.08. The fourth-order valence-electron chi connectivity index (χ4n) is 2.17. The van der Waals surface area contributed by atoms with Gasteiger partial charge in [0, 0.05) is 12.1 Å². The molecular formula is C16H26N2O. The molecule has 106 valence electrons. The second kappa shape index (κ2) is 9.56. The Kier molecular flexibility index (Phi) is 7.91. The van der Waals surface area contributed by atoms with Gasteiger partial charge in [-0.15, -0.1) is 0 Å². The zero-order valence-corrected chi connectivity index (χ0v) is 12.0. The van der Waals surface area contributed by atoms with Gasteiger partial charge in [-0.05, 0) is 24.6 Å². The number of rotatable bonds is 10. The first-order valence-electron chi connectivity index (χ1n) is 7.34. The maximum absolute atomic E-state index is 11.3. The van der Waals surface area contributed by atoms with Crippen LogP contribution in [0.25, 0.3) is 0 Å². The Labute approximate surface area is 116 Å². The average molecular weight is 262 g/mol. The Morgan fingerprint density at radius 1 is 1.11 bits per heavy atom. The third kappa shape index (κ3) is 6.39. The van der Waals surface area contributed by atoms with E-state index in [9.17, 15) is 4.79 Å². The number of nitrogens with two attached hydrogens (primary N) is 1. The van der Waals surface area contributed by atoms with Crippen LogP contribution in [-0.2, 0) is 6.54 Å². The molecule has 0 saturated carbocycles. The number of unbranched alkanes of at least 4 members (excludes halogenated alkanes) is 5. The van der Waals surface area contributed by atoms with Crippen LogP contribution in [0.1, 0.15) is 61.4 Å². The summed E-state index contributed by atoms with van der Waals surface area (Å²) >= 11 is 0. The van der Waals surface area contributed by atoms with Gasteiger partial charge < -0.3 is 11.1 Å². The van der Waals surface area contributed by atoms with Gasteiger partial charge in [0.25, 0.3) is 0 Å². The fourth-order valence-corrected chi connectivity index (χ4v) is 2.17. The maximum Gasteiger partial charge on any atom is 0.249 e. The molecular weight excluding hydrogens is 236 g/mol. The molecule has 3 heteroatoms. The van der Waals surface area contributed by atoms with Crippen molar-refractivity contribution in [2.45, 2.75) is 52.0 Å². The zero-order valence-electron chi connectivity index (χ0n) is 12.0. The highest BCUT2D eigenvalue weighted by atomic mass is 16.1. The summed E-state index contributed by atoms with van der Waals surface area (Å²) in [6, 6.07) is 7.52. The van der Waals surface area contributed by atoms with E-state index in [-0.39, 0.29) is 5.91 Å². The first kappa shape index (κ1) is 15.7. The fraction of sp³-hybridized carbons (Fsp3) is 0.562. The van der Waals surface area contributed by atoms with Gasteiger partial charge in [0.2, 0.25) is 5.91 Å². The molecule has 19 heavy (non-hydrogen) atoms. The number of hydrogen-bond donors (Lipinski definition) is 2. The van der Waals surface area contributed by atoms with Crippen molar-refractivity contribution < 1.29 is 4.79 Å². The molecule has 0 saturated heterocycles. The Bertz CT molecular complexity index is 377. The lowest BCUT2D eigenvalue weighted by Gasteiger charge is -2.08. The smallest absolute Gasteiger partial charge is 0.249 e. The van der Waals surface area contributed by atoms with Gasteiger partial charge in [-0.25, -0.2) is 0 Å². The van der Waals surface area contributed by atoms with Gasteiger partial charge in [0.05, 0.1) is 0 Å². The van der Waals surface area contributed by atoms with Gasteiger partial charge in [0.1, 0.15) is 0 Å². The molecule has 1 aromatic carbocycles. The molecule has 0 heterocycles. The van der Waals surface area contributed by atoms with E-state index < -0.39 is 0 Å². The molecule has 0 radical (unpaired) electrons. The van der Waals surface area contributed by atoms with E-state index in [1.54, 1.807) is 6.07 Å². The molecule has 0 fully saturated rings. The van der Waals surface area contributed by atoms with Crippen molar-refractivity contribution in [3.8, 4) is 0 Å². The number of hydrogen-bond acceptors (Lipinski definition) is 2. The summed E-state index contributed by atoms with van der Waals surface area (Å²) in [6.07, 6.45) is 7.79. The zero-order chi connectivity index (χ0) is 13.9. The minimum Gasteiger partial charge on any atom is -0.366 e. The maximum atomic E-state index is 11.3. The third-order valence-electron chi connectivity index (χ3n) is 3.31. The molecule has 0 atom stereocenters. The molecule has 3 nitrogen and oxygen atoms in total. The molecule has 1 rings (SSSR count). The summed E-state index contributed by atoms with van der Waals surface area (Å²) in [5.41, 5.74) is 6.96. The summed E-state index contributed by atoms with van der Waals surface area (Å²) in [4.78, 5) is 11.3. The van der Waals surface area contributed by atoms with Crippen LogP contribution < -0.4 is 11.1 Å². The molecule has 1 aromatic rings. The van der Waals surface area contributed by atoms with Gasteiger partial charge in [-0.2, -0.15) is 0 Å². The van der Waals surface area contributed by atoms with E-state index in [4.69, 9.17) is 5.73 Å². The standard InChI is InChI=1S/C16H26N2O/c1-2-3-4-5-6-9-12-18-13-14-10-7-8-11-15(14)16(17)19/h7-8,10-11,18H,2-6,9,12-13H2,1H3,(H2,17,19). The van der Waals surface area contributed by atoms with Crippen LogP contribution in [0.15, 0.2) is 24.3 Å². The van der Waals surface area contributed by atoms with Gasteiger partial charge >= 0.3 is 0 Å². The van der Waals surface area contributed by atoms with E-state index in [0.29, 0.717) is 12.1 Å². The number of benzene rings is 1. The van der Waals surface area contributed by atoms with Crippen molar-refractivity contribution in [2.24, 2.45) is 5.73 Å². The second-order valence-electron chi connectivity index (χ2n) is 4.97. The van der Waals surface area contributed by atoms with Crippen LogP contribution in [0.5, 0.6) is 0 Å². The van der Waals surface area contributed by atoms with Crippen molar-refractivity contribution in [2.75, 3.05) is 6.54 Å². The van der Waals surface area contributed by atoms with Gasteiger partial charge in [0.15, 0.2) is 0 Å². The van der Waals surface area contributed by atoms with Crippen molar-refractivity contribution in [1.29, 1.82) is 0 Å². The third-order valence-corrected chi connectivity index (χ3v) is 3.31. The van der Waals surface area contributed by atoms with E-state index in [1.165, 1.54) is 38.5 Å². The minimum absolute atomic E-state index is 0.350. The molecule has 0 unspecified atom stereocenters. The normalized spacial score (nSPS) is 10.6. The molecule has 0 spiro atoms. The number of carbonyl (C=O) groups excluding carboxylic acids is 1. The molecule has 0 aliphatic carbocycles. The van der Waals surface area contributed by atoms with Crippen molar-refractivity contribution >= 4 is 5.91 Å². The van der Waals surface area contributed by atoms with Crippen LogP contribution in [0.3, 0.4) is 0 Å². The van der Waals surface area contributed by atoms with Gasteiger partial charge in [-0.3, -0.25) is 4.79 Å². The molecule has 0 aliphatic rings. The van der Waals surface area contributed by atoms with Crippen molar-refractivity contribution in [3.05, 3.63) is 35.4 Å². The van der Waals surface area contributed by atoms with Crippen molar-refractivity contribution in [1.82, 2.24) is 5.32 Å². The molecule has 1 amide bonds. The van der Waals surface area contributed by atoms with Crippen LogP contribution in [0, 0.1) is 0 Å². The number of primary amides is 1. The monoisotopic (exact) mass is 262 g/mol. The Morgan fingerprint density at radius 3 is 2.53 bits per heavy atom. The first-order valence-corrected chi connectivity index (χ1v) is 7.34. The molecule has 0 bridgehead atoms. The highest BCUT2D eigenvalue weighted by Gasteiger charge is 2.05. The minimum atomic E-state index is -0.350. The predicted molar refractivity (Wildman–Crippen MR) is 80.0 cm³/mol. The summed E-state index contributed by atoms with van der Waals surface area (Å²) in [5, 5.41) is 3.38. The summed E-state index contributed by atoms with van der Waals surface area (Å²) in [5.74, 6) is -0.350. The van der Waals surface area contributed by atoms with Crippen LogP contribution >= 0.6 is 0 Å². The molecule has 0 aliphatic heterocycles. The van der Waals surface area contributed by atoms with E-state index in [2.05, 4.69) is 12.2 Å². The van der Waals surface area contributed by atoms with Crippen LogP contribution in [-0.4, -0.2) is 12.5 Å². The lowest BCUT2D eigenvalue weighted by Crippen LogP contribution is -2.19. The van der Waals surface area contributed by atoms with E-state index >= 15 is 0 Å². The number of carbonyl (C=O) groups is 1. The van der Waals surface area contributed by atoms with E-state index in [0.717, 1.165) is 12.1 Å². The Morgan fingerprint density at radius 2 is 1.79 bits per heavy atom. The predicted octanol–water partition coefficient (Wildman–Crippen LogP) is 3.24. The largest absolute Gasteiger partial charge is 0.366 e. The lowest BCUT2D eigenvalue weighted by atomic mass is 10.1. The molecule has 3 N–H and O–H groups in total. The summed E-state index contributed by atoms with van der Waals surface area (Å²) < 4.78 is 0. The topological polar surface area (TPSA) is 55.1 Å².